The van der Waals surface area contributed by atoms with E-state index in [1.807, 2.05) is 11.0 Å². The molecule has 0 spiro atoms. The van der Waals surface area contributed by atoms with Gasteiger partial charge in [-0.15, -0.1) is 11.3 Å². The van der Waals surface area contributed by atoms with E-state index in [0.29, 0.717) is 6.54 Å². The Bertz CT molecular complexity index is 532. The molecule has 6 heteroatoms. The molecule has 3 rings (SSSR count). The summed E-state index contributed by atoms with van der Waals surface area (Å²) in [4.78, 5) is 28.1. The highest BCUT2D eigenvalue weighted by atomic mass is 32.1. The van der Waals surface area contributed by atoms with Crippen LogP contribution in [0.2, 0.25) is 0 Å². The topological polar surface area (TPSA) is 61.4 Å². The quantitative estimate of drug-likeness (QED) is 0.850. The summed E-state index contributed by atoms with van der Waals surface area (Å²) in [6.07, 6.45) is 4.55. The van der Waals surface area contributed by atoms with E-state index < -0.39 is 0 Å². The molecule has 2 amide bonds. The number of likely N-dealkylation sites (tertiary alicyclic amines) is 1. The van der Waals surface area contributed by atoms with Crippen molar-refractivity contribution in [2.75, 3.05) is 32.7 Å². The van der Waals surface area contributed by atoms with Crippen LogP contribution in [0.15, 0.2) is 17.5 Å². The van der Waals surface area contributed by atoms with Crippen molar-refractivity contribution in [3.8, 4) is 0 Å². The average molecular weight is 350 g/mol. The Labute approximate surface area is 147 Å². The summed E-state index contributed by atoms with van der Waals surface area (Å²) in [5, 5.41) is 8.42. The van der Waals surface area contributed by atoms with Gasteiger partial charge in [0.1, 0.15) is 0 Å². The van der Waals surface area contributed by atoms with Gasteiger partial charge in [0.15, 0.2) is 0 Å². The van der Waals surface area contributed by atoms with Crippen LogP contribution in [0, 0.1) is 11.8 Å². The van der Waals surface area contributed by atoms with Gasteiger partial charge in [-0.1, -0.05) is 6.07 Å². The van der Waals surface area contributed by atoms with E-state index >= 15 is 0 Å². The molecule has 1 unspecified atom stereocenters. The van der Waals surface area contributed by atoms with Crippen molar-refractivity contribution in [3.63, 3.8) is 0 Å². The lowest BCUT2D eigenvalue weighted by molar-refractivity contribution is -0.139. The summed E-state index contributed by atoms with van der Waals surface area (Å²) in [5.41, 5.74) is 0. The molecule has 0 aliphatic carbocycles. The number of carbonyl (C=O) groups is 2. The van der Waals surface area contributed by atoms with Crippen molar-refractivity contribution in [3.05, 3.63) is 22.4 Å². The fraction of sp³-hybridized carbons (Fsp3) is 0.667. The maximum absolute atomic E-state index is 12.5. The van der Waals surface area contributed by atoms with E-state index in [2.05, 4.69) is 22.1 Å². The van der Waals surface area contributed by atoms with Crippen molar-refractivity contribution in [1.29, 1.82) is 0 Å². The number of thiophene rings is 1. The first-order chi connectivity index (χ1) is 11.7. The van der Waals surface area contributed by atoms with Crippen LogP contribution >= 0.6 is 11.3 Å². The van der Waals surface area contributed by atoms with Crippen LogP contribution in [-0.2, 0) is 16.0 Å². The lowest BCUT2D eigenvalue weighted by Crippen LogP contribution is -2.48. The van der Waals surface area contributed by atoms with E-state index in [0.717, 1.165) is 58.3 Å². The third-order valence-electron chi connectivity index (χ3n) is 5.07. The normalized spacial score (nSPS) is 22.3. The maximum Gasteiger partial charge on any atom is 0.226 e. The van der Waals surface area contributed by atoms with Gasteiger partial charge in [0.25, 0.3) is 0 Å². The van der Waals surface area contributed by atoms with Gasteiger partial charge in [0.2, 0.25) is 11.8 Å². The van der Waals surface area contributed by atoms with Crippen molar-refractivity contribution >= 4 is 23.2 Å². The minimum Gasteiger partial charge on any atom is -0.355 e. The Hall–Kier alpha value is -1.40. The number of nitrogens with zero attached hydrogens (tertiary/aromatic N) is 1. The largest absolute Gasteiger partial charge is 0.355 e. The third kappa shape index (κ3) is 4.57. The summed E-state index contributed by atoms with van der Waals surface area (Å²) >= 11 is 1.73. The fourth-order valence-electron chi connectivity index (χ4n) is 3.59. The molecule has 0 radical (unpaired) electrons. The molecule has 24 heavy (non-hydrogen) atoms. The Kier molecular flexibility index (Phi) is 6.26. The maximum atomic E-state index is 12.5. The number of piperidine rings is 2. The predicted octanol–water partition coefficient (Wildman–Crippen LogP) is 1.64. The van der Waals surface area contributed by atoms with Gasteiger partial charge in [-0.2, -0.15) is 0 Å². The second kappa shape index (κ2) is 8.62. The van der Waals surface area contributed by atoms with Gasteiger partial charge in [0, 0.05) is 37.0 Å². The molecule has 0 aromatic carbocycles. The van der Waals surface area contributed by atoms with Gasteiger partial charge in [0.05, 0.1) is 5.92 Å². The zero-order valence-electron chi connectivity index (χ0n) is 14.1. The molecule has 2 saturated heterocycles. The predicted molar refractivity (Wildman–Crippen MR) is 95.9 cm³/mol. The van der Waals surface area contributed by atoms with Gasteiger partial charge in [-0.3, -0.25) is 9.59 Å². The molecule has 2 aliphatic heterocycles. The van der Waals surface area contributed by atoms with Gasteiger partial charge >= 0.3 is 0 Å². The first-order valence-corrected chi connectivity index (χ1v) is 9.91. The van der Waals surface area contributed by atoms with Crippen LogP contribution < -0.4 is 10.6 Å². The fourth-order valence-corrected chi connectivity index (χ4v) is 4.30. The van der Waals surface area contributed by atoms with E-state index in [1.165, 1.54) is 4.88 Å². The van der Waals surface area contributed by atoms with Crippen LogP contribution in [-0.4, -0.2) is 49.4 Å². The molecule has 3 heterocycles. The van der Waals surface area contributed by atoms with E-state index in [9.17, 15) is 9.59 Å². The number of rotatable bonds is 5. The number of amides is 2. The van der Waals surface area contributed by atoms with E-state index in [1.54, 1.807) is 11.3 Å². The molecule has 1 aromatic heterocycles. The van der Waals surface area contributed by atoms with Crippen molar-refractivity contribution in [2.45, 2.75) is 32.1 Å². The standard InChI is InChI=1S/C18H27N3O2S/c22-17(20-9-5-16-4-2-12-24-16)14-6-10-21(11-7-14)18(23)15-3-1-8-19-13-15/h2,4,12,14-15,19H,1,3,5-11,13H2,(H,20,22). The molecule has 1 aromatic rings. The second-order valence-electron chi connectivity index (χ2n) is 6.76. The van der Waals surface area contributed by atoms with Crippen LogP contribution in [0.1, 0.15) is 30.6 Å². The molecular weight excluding hydrogens is 322 g/mol. The van der Waals surface area contributed by atoms with Crippen LogP contribution in [0.4, 0.5) is 0 Å². The summed E-state index contributed by atoms with van der Waals surface area (Å²) < 4.78 is 0. The van der Waals surface area contributed by atoms with Gasteiger partial charge < -0.3 is 15.5 Å². The Morgan fingerprint density at radius 2 is 2.08 bits per heavy atom. The summed E-state index contributed by atoms with van der Waals surface area (Å²) in [7, 11) is 0. The molecule has 5 nitrogen and oxygen atoms in total. The van der Waals surface area contributed by atoms with E-state index in [4.69, 9.17) is 0 Å². The third-order valence-corrected chi connectivity index (χ3v) is 6.01. The number of nitrogens with one attached hydrogen (secondary N) is 2. The monoisotopic (exact) mass is 349 g/mol. The zero-order chi connectivity index (χ0) is 16.8. The molecule has 2 N–H and O–H groups in total. The minimum atomic E-state index is 0.0573. The van der Waals surface area contributed by atoms with E-state index in [-0.39, 0.29) is 23.7 Å². The lowest BCUT2D eigenvalue weighted by atomic mass is 9.93. The lowest BCUT2D eigenvalue weighted by Gasteiger charge is -2.34. The van der Waals surface area contributed by atoms with Crippen molar-refractivity contribution < 1.29 is 9.59 Å². The highest BCUT2D eigenvalue weighted by molar-refractivity contribution is 7.09. The number of hydrogen-bond acceptors (Lipinski definition) is 4. The molecular formula is C18H27N3O2S. The van der Waals surface area contributed by atoms with Crippen LogP contribution in [0.5, 0.6) is 0 Å². The summed E-state index contributed by atoms with van der Waals surface area (Å²) in [6.45, 7) is 3.97. The second-order valence-corrected chi connectivity index (χ2v) is 7.80. The number of carbonyl (C=O) groups excluding carboxylic acids is 2. The summed E-state index contributed by atoms with van der Waals surface area (Å²) in [6, 6.07) is 4.14. The van der Waals surface area contributed by atoms with Crippen molar-refractivity contribution in [2.24, 2.45) is 11.8 Å². The molecule has 1 atom stereocenters. The van der Waals surface area contributed by atoms with Gasteiger partial charge in [-0.05, 0) is 50.1 Å². The van der Waals surface area contributed by atoms with Crippen molar-refractivity contribution in [1.82, 2.24) is 15.5 Å². The Morgan fingerprint density at radius 1 is 1.25 bits per heavy atom. The molecule has 2 fully saturated rings. The minimum absolute atomic E-state index is 0.0573. The molecule has 0 bridgehead atoms. The molecule has 0 saturated carbocycles. The summed E-state index contributed by atoms with van der Waals surface area (Å²) in [5.74, 6) is 0.619. The van der Waals surface area contributed by atoms with Gasteiger partial charge in [-0.25, -0.2) is 0 Å². The smallest absolute Gasteiger partial charge is 0.226 e. The van der Waals surface area contributed by atoms with Crippen LogP contribution in [0.25, 0.3) is 0 Å². The highest BCUT2D eigenvalue weighted by Crippen LogP contribution is 2.21. The highest BCUT2D eigenvalue weighted by Gasteiger charge is 2.31. The average Bonchev–Trinajstić information content (AvgIpc) is 3.15. The Balaban J connectivity index is 1.37. The molecule has 132 valence electrons. The Morgan fingerprint density at radius 3 is 2.75 bits per heavy atom. The SMILES string of the molecule is O=C(NCCc1cccs1)C1CCN(C(=O)C2CCCNC2)CC1. The first-order valence-electron chi connectivity index (χ1n) is 9.03. The first kappa shape index (κ1) is 17.4. The zero-order valence-corrected chi connectivity index (χ0v) is 14.9. The molecule has 2 aliphatic rings. The number of hydrogen-bond donors (Lipinski definition) is 2. The van der Waals surface area contributed by atoms with Crippen LogP contribution in [0.3, 0.4) is 0 Å².